The summed E-state index contributed by atoms with van der Waals surface area (Å²) in [4.78, 5) is 14.5. The molecule has 1 N–H and O–H groups in total. The summed E-state index contributed by atoms with van der Waals surface area (Å²) in [5, 5.41) is 3.84. The fraction of sp³-hybridized carbons (Fsp3) is 0.947. The Hall–Kier alpha value is -0.770. The predicted octanol–water partition coefficient (Wildman–Crippen LogP) is 3.94. The van der Waals surface area contributed by atoms with E-state index in [2.05, 4.69) is 19.2 Å². The van der Waals surface area contributed by atoms with Crippen molar-refractivity contribution in [2.45, 2.75) is 96.9 Å². The number of rotatable bonds is 4. The molecule has 3 aliphatic rings. The zero-order valence-corrected chi connectivity index (χ0v) is 15.5. The van der Waals surface area contributed by atoms with Crippen molar-refractivity contribution in [2.75, 3.05) is 6.54 Å². The van der Waals surface area contributed by atoms with Crippen molar-refractivity contribution in [1.29, 1.82) is 0 Å². The van der Waals surface area contributed by atoms with Crippen molar-refractivity contribution in [3.8, 4) is 0 Å². The fourth-order valence-corrected chi connectivity index (χ4v) is 4.42. The van der Waals surface area contributed by atoms with E-state index in [1.54, 1.807) is 0 Å². The van der Waals surface area contributed by atoms with Gasteiger partial charge in [0.2, 0.25) is 0 Å². The second-order valence-electron chi connectivity index (χ2n) is 9.34. The molecule has 4 nitrogen and oxygen atoms in total. The quantitative estimate of drug-likeness (QED) is 0.852. The summed E-state index contributed by atoms with van der Waals surface area (Å²) in [6.45, 7) is 11.7. The lowest BCUT2D eigenvalue weighted by Gasteiger charge is -2.40. The number of amides is 1. The molecule has 132 valence electrons. The van der Waals surface area contributed by atoms with Crippen LogP contribution in [0.4, 0.5) is 4.79 Å². The van der Waals surface area contributed by atoms with Gasteiger partial charge in [0.15, 0.2) is 0 Å². The van der Waals surface area contributed by atoms with Gasteiger partial charge in [0.1, 0.15) is 5.60 Å². The summed E-state index contributed by atoms with van der Waals surface area (Å²) in [7, 11) is 0. The highest BCUT2D eigenvalue weighted by molar-refractivity contribution is 5.69. The molecule has 0 radical (unpaired) electrons. The molecule has 0 aromatic heterocycles. The van der Waals surface area contributed by atoms with Crippen LogP contribution in [0.1, 0.15) is 73.1 Å². The summed E-state index contributed by atoms with van der Waals surface area (Å²) < 4.78 is 5.62. The minimum Gasteiger partial charge on any atom is -0.444 e. The van der Waals surface area contributed by atoms with Crippen LogP contribution in [0.25, 0.3) is 0 Å². The second-order valence-corrected chi connectivity index (χ2v) is 9.34. The van der Waals surface area contributed by atoms with Gasteiger partial charge in [0.25, 0.3) is 0 Å². The molecule has 23 heavy (non-hydrogen) atoms. The number of hydrogen-bond donors (Lipinski definition) is 1. The maximum absolute atomic E-state index is 12.5. The lowest BCUT2D eigenvalue weighted by molar-refractivity contribution is 0.00444. The number of nitrogens with one attached hydrogen (secondary N) is 1. The standard InChI is InChI=1S/C19H34N2O2/c1-13(2)19(8-9-19)12-20-14-10-15-6-7-16(11-14)21(15)17(22)23-18(3,4)5/h13-16,20H,6-12H2,1-5H3. The van der Waals surface area contributed by atoms with Gasteiger partial charge in [-0.1, -0.05) is 13.8 Å². The van der Waals surface area contributed by atoms with Crippen molar-refractivity contribution in [3.05, 3.63) is 0 Å². The molecule has 4 heteroatoms. The van der Waals surface area contributed by atoms with Crippen LogP contribution < -0.4 is 5.32 Å². The Morgan fingerprint density at radius 1 is 1.22 bits per heavy atom. The first kappa shape index (κ1) is 17.1. The highest BCUT2D eigenvalue weighted by Crippen LogP contribution is 2.51. The van der Waals surface area contributed by atoms with E-state index in [1.807, 2.05) is 25.7 Å². The van der Waals surface area contributed by atoms with Gasteiger partial charge in [-0.15, -0.1) is 0 Å². The van der Waals surface area contributed by atoms with E-state index in [-0.39, 0.29) is 6.09 Å². The predicted molar refractivity (Wildman–Crippen MR) is 92.4 cm³/mol. The van der Waals surface area contributed by atoms with Crippen LogP contribution in [-0.4, -0.2) is 41.3 Å². The molecule has 1 aliphatic carbocycles. The smallest absolute Gasteiger partial charge is 0.410 e. The monoisotopic (exact) mass is 322 g/mol. The number of piperidine rings is 1. The molecule has 3 fully saturated rings. The number of carbonyl (C=O) groups is 1. The van der Waals surface area contributed by atoms with Crippen LogP contribution >= 0.6 is 0 Å². The van der Waals surface area contributed by atoms with Gasteiger partial charge >= 0.3 is 6.09 Å². The average molecular weight is 322 g/mol. The van der Waals surface area contributed by atoms with E-state index < -0.39 is 5.60 Å². The number of hydrogen-bond acceptors (Lipinski definition) is 3. The van der Waals surface area contributed by atoms with Crippen LogP contribution in [0.3, 0.4) is 0 Å². The van der Waals surface area contributed by atoms with Gasteiger partial charge in [-0.25, -0.2) is 4.79 Å². The van der Waals surface area contributed by atoms with Crippen LogP contribution in [0, 0.1) is 11.3 Å². The number of ether oxygens (including phenoxy) is 1. The molecule has 0 aromatic carbocycles. The molecule has 2 saturated heterocycles. The number of nitrogens with zero attached hydrogens (tertiary/aromatic N) is 1. The van der Waals surface area contributed by atoms with E-state index in [4.69, 9.17) is 4.74 Å². The third-order valence-corrected chi connectivity index (χ3v) is 6.20. The fourth-order valence-electron chi connectivity index (χ4n) is 4.42. The lowest BCUT2D eigenvalue weighted by atomic mass is 9.91. The van der Waals surface area contributed by atoms with Crippen LogP contribution in [0.15, 0.2) is 0 Å². The highest BCUT2D eigenvalue weighted by Gasteiger charge is 2.48. The molecule has 0 aromatic rings. The molecule has 3 rings (SSSR count). The van der Waals surface area contributed by atoms with Crippen molar-refractivity contribution in [2.24, 2.45) is 11.3 Å². The summed E-state index contributed by atoms with van der Waals surface area (Å²) in [5.74, 6) is 0.772. The minimum absolute atomic E-state index is 0.107. The van der Waals surface area contributed by atoms with Crippen LogP contribution in [0.5, 0.6) is 0 Å². The summed E-state index contributed by atoms with van der Waals surface area (Å²) in [6, 6.07) is 1.31. The van der Waals surface area contributed by atoms with Crippen molar-refractivity contribution >= 4 is 6.09 Å². The van der Waals surface area contributed by atoms with Gasteiger partial charge in [-0.2, -0.15) is 0 Å². The van der Waals surface area contributed by atoms with Gasteiger partial charge in [0.05, 0.1) is 0 Å². The Morgan fingerprint density at radius 2 is 1.78 bits per heavy atom. The van der Waals surface area contributed by atoms with Gasteiger partial charge in [-0.05, 0) is 70.6 Å². The molecule has 1 saturated carbocycles. The first-order chi connectivity index (χ1) is 10.7. The van der Waals surface area contributed by atoms with E-state index in [0.29, 0.717) is 23.5 Å². The average Bonchev–Trinajstić information content (AvgIpc) is 3.16. The Balaban J connectivity index is 1.54. The summed E-state index contributed by atoms with van der Waals surface area (Å²) >= 11 is 0. The van der Waals surface area contributed by atoms with E-state index >= 15 is 0 Å². The van der Waals surface area contributed by atoms with E-state index in [1.165, 1.54) is 12.8 Å². The Labute approximate surface area is 141 Å². The zero-order valence-electron chi connectivity index (χ0n) is 15.5. The first-order valence-corrected chi connectivity index (χ1v) is 9.45. The Morgan fingerprint density at radius 3 is 2.22 bits per heavy atom. The van der Waals surface area contributed by atoms with Crippen molar-refractivity contribution in [3.63, 3.8) is 0 Å². The van der Waals surface area contributed by atoms with Crippen molar-refractivity contribution in [1.82, 2.24) is 10.2 Å². The molecule has 2 atom stereocenters. The second kappa shape index (κ2) is 5.94. The van der Waals surface area contributed by atoms with E-state index in [9.17, 15) is 4.79 Å². The Kier molecular flexibility index (Phi) is 4.41. The third kappa shape index (κ3) is 3.67. The summed E-state index contributed by atoms with van der Waals surface area (Å²) in [6.07, 6.45) is 7.09. The molecule has 2 bridgehead atoms. The van der Waals surface area contributed by atoms with Gasteiger partial charge < -0.3 is 15.0 Å². The normalized spacial score (nSPS) is 32.3. The maximum atomic E-state index is 12.5. The molecular formula is C19H34N2O2. The summed E-state index contributed by atoms with van der Waals surface area (Å²) in [5.41, 5.74) is 0.155. The van der Waals surface area contributed by atoms with Gasteiger partial charge in [0, 0.05) is 24.7 Å². The number of carbonyl (C=O) groups excluding carboxylic acids is 1. The third-order valence-electron chi connectivity index (χ3n) is 6.20. The largest absolute Gasteiger partial charge is 0.444 e. The minimum atomic E-state index is -0.402. The van der Waals surface area contributed by atoms with Gasteiger partial charge in [-0.3, -0.25) is 0 Å². The SMILES string of the molecule is CC(C)C1(CNC2CC3CCC(C2)N3C(=O)OC(C)(C)C)CC1. The first-order valence-electron chi connectivity index (χ1n) is 9.45. The van der Waals surface area contributed by atoms with Crippen LogP contribution in [-0.2, 0) is 4.74 Å². The molecule has 2 aliphatic heterocycles. The molecule has 2 unspecified atom stereocenters. The highest BCUT2D eigenvalue weighted by atomic mass is 16.6. The topological polar surface area (TPSA) is 41.6 Å². The zero-order chi connectivity index (χ0) is 16.8. The molecule has 1 amide bonds. The molecule has 2 heterocycles. The molecule has 0 spiro atoms. The maximum Gasteiger partial charge on any atom is 0.410 e. The number of fused-ring (bicyclic) bond motifs is 2. The van der Waals surface area contributed by atoms with Crippen molar-refractivity contribution < 1.29 is 9.53 Å². The van der Waals surface area contributed by atoms with Crippen LogP contribution in [0.2, 0.25) is 0 Å². The Bertz CT molecular complexity index is 437. The molecular weight excluding hydrogens is 288 g/mol. The lowest BCUT2D eigenvalue weighted by Crippen LogP contribution is -2.53. The van der Waals surface area contributed by atoms with E-state index in [0.717, 1.165) is 38.1 Å².